The normalized spacial score (nSPS) is 20.7. The minimum absolute atomic E-state index is 0.146. The van der Waals surface area contributed by atoms with Crippen molar-refractivity contribution < 1.29 is 9.59 Å². The number of imide groups is 1. The van der Waals surface area contributed by atoms with Crippen LogP contribution in [-0.2, 0) is 11.3 Å². The summed E-state index contributed by atoms with van der Waals surface area (Å²) in [5, 5.41) is 8.95. The molecule has 7 nitrogen and oxygen atoms in total. The molecule has 2 aromatic rings. The summed E-state index contributed by atoms with van der Waals surface area (Å²) in [6.07, 6.45) is 0.977. The molecule has 4 rings (SSSR count). The summed E-state index contributed by atoms with van der Waals surface area (Å²) >= 11 is 0. The molecule has 1 unspecified atom stereocenters. The van der Waals surface area contributed by atoms with E-state index in [2.05, 4.69) is 15.9 Å². The summed E-state index contributed by atoms with van der Waals surface area (Å²) < 4.78 is 0. The number of hydrogen-bond donors (Lipinski definition) is 0. The number of rotatable bonds is 5. The van der Waals surface area contributed by atoms with E-state index in [-0.39, 0.29) is 11.9 Å². The van der Waals surface area contributed by atoms with Crippen molar-refractivity contribution >= 4 is 17.6 Å². The van der Waals surface area contributed by atoms with E-state index in [0.29, 0.717) is 12.2 Å². The van der Waals surface area contributed by atoms with E-state index in [4.69, 9.17) is 5.26 Å². The molecule has 0 bridgehead atoms. The highest BCUT2D eigenvalue weighted by molar-refractivity contribution is 6.14. The molecule has 0 saturated carbocycles. The van der Waals surface area contributed by atoms with E-state index in [1.807, 2.05) is 54.6 Å². The highest BCUT2D eigenvalue weighted by Crippen LogP contribution is 2.25. The van der Waals surface area contributed by atoms with Crippen LogP contribution in [0.15, 0.2) is 54.6 Å². The second-order valence-corrected chi connectivity index (χ2v) is 8.13. The molecular formula is C24H27N5O2. The van der Waals surface area contributed by atoms with Gasteiger partial charge in [0.1, 0.15) is 6.04 Å². The van der Waals surface area contributed by atoms with Crippen LogP contribution >= 0.6 is 0 Å². The van der Waals surface area contributed by atoms with Crippen molar-refractivity contribution in [3.8, 4) is 6.07 Å². The summed E-state index contributed by atoms with van der Waals surface area (Å²) in [6.45, 7) is 6.43. The quantitative estimate of drug-likeness (QED) is 0.700. The molecule has 0 aliphatic carbocycles. The average Bonchev–Trinajstić information content (AvgIpc) is 2.94. The molecule has 2 fully saturated rings. The first kappa shape index (κ1) is 21.0. The average molecular weight is 418 g/mol. The molecule has 31 heavy (non-hydrogen) atoms. The Kier molecular flexibility index (Phi) is 6.31. The number of carbonyl (C=O) groups is 2. The SMILES string of the molecule is CC1C(=O)N(CN2CCCN(Cc3ccc(C#N)cc3)CC2)C(=O)N1c1ccccc1. The molecule has 2 heterocycles. The standard InChI is InChI=1S/C24H27N5O2/c1-19-23(30)28(24(31)29(19)22-6-3-2-4-7-22)18-27-13-5-12-26(14-15-27)17-21-10-8-20(16-25)9-11-21/h2-4,6-11,19H,5,12-15,17-18H2,1H3. The largest absolute Gasteiger partial charge is 0.333 e. The number of nitriles is 1. The maximum absolute atomic E-state index is 13.0. The third kappa shape index (κ3) is 4.61. The monoisotopic (exact) mass is 417 g/mol. The minimum atomic E-state index is -0.491. The Labute approximate surface area is 183 Å². The zero-order valence-corrected chi connectivity index (χ0v) is 17.8. The molecule has 160 valence electrons. The van der Waals surface area contributed by atoms with Gasteiger partial charge in [-0.2, -0.15) is 5.26 Å². The summed E-state index contributed by atoms with van der Waals surface area (Å²) in [4.78, 5) is 33.4. The zero-order chi connectivity index (χ0) is 21.8. The van der Waals surface area contributed by atoms with E-state index in [0.717, 1.165) is 44.8 Å². The Balaban J connectivity index is 1.36. The highest BCUT2D eigenvalue weighted by atomic mass is 16.2. The van der Waals surface area contributed by atoms with Crippen molar-refractivity contribution in [1.82, 2.24) is 14.7 Å². The molecule has 2 saturated heterocycles. The third-order valence-electron chi connectivity index (χ3n) is 5.99. The summed E-state index contributed by atoms with van der Waals surface area (Å²) in [5.74, 6) is -0.146. The van der Waals surface area contributed by atoms with Gasteiger partial charge in [-0.05, 0) is 49.7 Å². The van der Waals surface area contributed by atoms with Gasteiger partial charge in [0, 0.05) is 31.9 Å². The highest BCUT2D eigenvalue weighted by Gasteiger charge is 2.43. The molecule has 7 heteroatoms. The van der Waals surface area contributed by atoms with Crippen molar-refractivity contribution in [2.24, 2.45) is 0 Å². The molecule has 2 aliphatic rings. The number of urea groups is 1. The van der Waals surface area contributed by atoms with Crippen LogP contribution in [0.25, 0.3) is 0 Å². The number of hydrogen-bond acceptors (Lipinski definition) is 5. The lowest BCUT2D eigenvalue weighted by molar-refractivity contribution is -0.128. The molecule has 0 radical (unpaired) electrons. The summed E-state index contributed by atoms with van der Waals surface area (Å²) in [7, 11) is 0. The molecule has 0 N–H and O–H groups in total. The maximum atomic E-state index is 13.0. The molecule has 1 atom stereocenters. The Morgan fingerprint density at radius 1 is 0.935 bits per heavy atom. The van der Waals surface area contributed by atoms with Gasteiger partial charge in [0.25, 0.3) is 5.91 Å². The Morgan fingerprint density at radius 3 is 2.32 bits per heavy atom. The van der Waals surface area contributed by atoms with Gasteiger partial charge in [0.15, 0.2) is 0 Å². The van der Waals surface area contributed by atoms with Gasteiger partial charge in [-0.3, -0.25) is 19.5 Å². The topological polar surface area (TPSA) is 70.9 Å². The van der Waals surface area contributed by atoms with Crippen molar-refractivity contribution in [3.05, 3.63) is 65.7 Å². The Morgan fingerprint density at radius 2 is 1.61 bits per heavy atom. The lowest BCUT2D eigenvalue weighted by Gasteiger charge is -2.25. The van der Waals surface area contributed by atoms with Crippen LogP contribution in [0.3, 0.4) is 0 Å². The van der Waals surface area contributed by atoms with E-state index < -0.39 is 6.04 Å². The number of amides is 3. The number of nitrogens with zero attached hydrogens (tertiary/aromatic N) is 5. The number of carbonyl (C=O) groups excluding carboxylic acids is 2. The van der Waals surface area contributed by atoms with Crippen molar-refractivity contribution in [2.75, 3.05) is 37.7 Å². The predicted octanol–water partition coefficient (Wildman–Crippen LogP) is 2.88. The van der Waals surface area contributed by atoms with Crippen molar-refractivity contribution in [2.45, 2.75) is 25.9 Å². The first-order valence-electron chi connectivity index (χ1n) is 10.7. The van der Waals surface area contributed by atoms with E-state index in [9.17, 15) is 9.59 Å². The Bertz CT molecular complexity index is 970. The first-order valence-corrected chi connectivity index (χ1v) is 10.7. The van der Waals surface area contributed by atoms with Gasteiger partial charge in [0.2, 0.25) is 0 Å². The van der Waals surface area contributed by atoms with Crippen molar-refractivity contribution in [1.29, 1.82) is 5.26 Å². The summed E-state index contributed by atoms with van der Waals surface area (Å²) in [6, 6.07) is 18.5. The second-order valence-electron chi connectivity index (χ2n) is 8.13. The van der Waals surface area contributed by atoms with Crippen LogP contribution in [0.1, 0.15) is 24.5 Å². The van der Waals surface area contributed by atoms with Crippen molar-refractivity contribution in [3.63, 3.8) is 0 Å². The van der Waals surface area contributed by atoms with E-state index >= 15 is 0 Å². The van der Waals surface area contributed by atoms with Gasteiger partial charge in [-0.15, -0.1) is 0 Å². The zero-order valence-electron chi connectivity index (χ0n) is 17.8. The van der Waals surface area contributed by atoms with Gasteiger partial charge < -0.3 is 0 Å². The fourth-order valence-corrected chi connectivity index (χ4v) is 4.25. The fraction of sp³-hybridized carbons (Fsp3) is 0.375. The van der Waals surface area contributed by atoms with Crippen LogP contribution in [0.5, 0.6) is 0 Å². The second kappa shape index (κ2) is 9.29. The summed E-state index contributed by atoms with van der Waals surface area (Å²) in [5.41, 5.74) is 2.61. The minimum Gasteiger partial charge on any atom is -0.298 e. The number of para-hydroxylation sites is 1. The maximum Gasteiger partial charge on any atom is 0.333 e. The first-order chi connectivity index (χ1) is 15.1. The van der Waals surface area contributed by atoms with Gasteiger partial charge >= 0.3 is 6.03 Å². The molecule has 0 aromatic heterocycles. The Hall–Kier alpha value is -3.21. The molecular weight excluding hydrogens is 390 g/mol. The van der Waals surface area contributed by atoms with E-state index in [1.165, 1.54) is 10.5 Å². The predicted molar refractivity (Wildman–Crippen MR) is 118 cm³/mol. The molecule has 0 spiro atoms. The third-order valence-corrected chi connectivity index (χ3v) is 5.99. The molecule has 2 aromatic carbocycles. The smallest absolute Gasteiger partial charge is 0.298 e. The van der Waals surface area contributed by atoms with E-state index in [1.54, 1.807) is 11.8 Å². The van der Waals surface area contributed by atoms with Crippen LogP contribution < -0.4 is 4.90 Å². The van der Waals surface area contributed by atoms with Gasteiger partial charge in [-0.25, -0.2) is 9.69 Å². The number of anilines is 1. The fourth-order valence-electron chi connectivity index (χ4n) is 4.25. The van der Waals surface area contributed by atoms with Gasteiger partial charge in [-0.1, -0.05) is 30.3 Å². The molecule has 3 amide bonds. The van der Waals surface area contributed by atoms with Crippen LogP contribution in [-0.4, -0.2) is 65.5 Å². The van der Waals surface area contributed by atoms with Crippen LogP contribution in [0, 0.1) is 11.3 Å². The number of benzene rings is 2. The lowest BCUT2D eigenvalue weighted by Crippen LogP contribution is -2.43. The lowest BCUT2D eigenvalue weighted by atomic mass is 10.1. The molecule has 2 aliphatic heterocycles. The van der Waals surface area contributed by atoms with Crippen LogP contribution in [0.4, 0.5) is 10.5 Å². The van der Waals surface area contributed by atoms with Crippen LogP contribution in [0.2, 0.25) is 0 Å². The van der Waals surface area contributed by atoms with Gasteiger partial charge in [0.05, 0.1) is 18.3 Å².